The summed E-state index contributed by atoms with van der Waals surface area (Å²) >= 11 is 6.35. The minimum atomic E-state index is 0.105. The predicted octanol–water partition coefficient (Wildman–Crippen LogP) is 3.47. The maximum atomic E-state index is 6.35. The summed E-state index contributed by atoms with van der Waals surface area (Å²) in [6.07, 6.45) is 4.61. The molecule has 0 bridgehead atoms. The Hall–Kier alpha value is -0.800. The van der Waals surface area contributed by atoms with Crippen LogP contribution in [0.5, 0.6) is 0 Å². The van der Waals surface area contributed by atoms with E-state index in [2.05, 4.69) is 43.0 Å². The van der Waals surface area contributed by atoms with Crippen LogP contribution in [0.1, 0.15) is 39.2 Å². The van der Waals surface area contributed by atoms with Crippen molar-refractivity contribution >= 4 is 17.4 Å². The molecule has 1 aromatic rings. The summed E-state index contributed by atoms with van der Waals surface area (Å²) in [5.41, 5.74) is 1.23. The molecule has 106 valence electrons. The van der Waals surface area contributed by atoms with E-state index in [1.807, 2.05) is 12.3 Å². The molecule has 1 aromatic heterocycles. The van der Waals surface area contributed by atoms with Crippen LogP contribution < -0.4 is 10.2 Å². The lowest BCUT2D eigenvalue weighted by molar-refractivity contribution is 0.424. The average Bonchev–Trinajstić information content (AvgIpc) is 3.09. The maximum absolute atomic E-state index is 6.35. The third-order valence-electron chi connectivity index (χ3n) is 3.29. The van der Waals surface area contributed by atoms with E-state index in [0.29, 0.717) is 0 Å². The standard InChI is InChI=1S/C15H24ClN3/c1-15(2,3)18-9-12-7-13(16)14(17-8-12)19(4)10-11-5-6-11/h7-8,11,18H,5-6,9-10H2,1-4H3. The zero-order valence-electron chi connectivity index (χ0n) is 12.3. The van der Waals surface area contributed by atoms with E-state index in [-0.39, 0.29) is 5.54 Å². The van der Waals surface area contributed by atoms with Gasteiger partial charge in [0.2, 0.25) is 0 Å². The molecular formula is C15H24ClN3. The predicted molar refractivity (Wildman–Crippen MR) is 81.8 cm³/mol. The Kier molecular flexibility index (Phi) is 4.36. The van der Waals surface area contributed by atoms with E-state index in [1.54, 1.807) is 0 Å². The lowest BCUT2D eigenvalue weighted by Gasteiger charge is -2.22. The molecule has 1 aliphatic carbocycles. The molecule has 2 rings (SSSR count). The largest absolute Gasteiger partial charge is 0.358 e. The number of halogens is 1. The third-order valence-corrected chi connectivity index (χ3v) is 3.57. The van der Waals surface area contributed by atoms with Crippen LogP contribution >= 0.6 is 11.6 Å². The number of hydrogen-bond acceptors (Lipinski definition) is 3. The van der Waals surface area contributed by atoms with Crippen LogP contribution in [0.3, 0.4) is 0 Å². The van der Waals surface area contributed by atoms with E-state index in [4.69, 9.17) is 11.6 Å². The van der Waals surface area contributed by atoms with Gasteiger partial charge in [0.05, 0.1) is 5.02 Å². The monoisotopic (exact) mass is 281 g/mol. The molecule has 0 unspecified atom stereocenters. The zero-order chi connectivity index (χ0) is 14.0. The highest BCUT2D eigenvalue weighted by Crippen LogP contribution is 2.32. The molecule has 0 radical (unpaired) electrons. The van der Waals surface area contributed by atoms with Gasteiger partial charge in [0, 0.05) is 31.9 Å². The van der Waals surface area contributed by atoms with Gasteiger partial charge in [0.15, 0.2) is 0 Å². The summed E-state index contributed by atoms with van der Waals surface area (Å²) in [5.74, 6) is 1.73. The lowest BCUT2D eigenvalue weighted by atomic mass is 10.1. The summed E-state index contributed by atoms with van der Waals surface area (Å²) in [5, 5.41) is 4.19. The van der Waals surface area contributed by atoms with Crippen molar-refractivity contribution in [1.29, 1.82) is 0 Å². The van der Waals surface area contributed by atoms with Crippen molar-refractivity contribution < 1.29 is 0 Å². The second-order valence-electron chi connectivity index (χ2n) is 6.58. The minimum Gasteiger partial charge on any atom is -0.358 e. The van der Waals surface area contributed by atoms with Gasteiger partial charge in [0.1, 0.15) is 5.82 Å². The van der Waals surface area contributed by atoms with Gasteiger partial charge in [0.25, 0.3) is 0 Å². The first-order valence-electron chi connectivity index (χ1n) is 6.96. The molecule has 4 heteroatoms. The normalized spacial score (nSPS) is 15.6. The van der Waals surface area contributed by atoms with E-state index in [9.17, 15) is 0 Å². The minimum absolute atomic E-state index is 0.105. The highest BCUT2D eigenvalue weighted by atomic mass is 35.5. The highest BCUT2D eigenvalue weighted by Gasteiger charge is 2.24. The van der Waals surface area contributed by atoms with Crippen molar-refractivity contribution in [3.63, 3.8) is 0 Å². The summed E-state index contributed by atoms with van der Waals surface area (Å²) in [7, 11) is 2.07. The number of nitrogens with one attached hydrogen (secondary N) is 1. The lowest BCUT2D eigenvalue weighted by Crippen LogP contribution is -2.35. The van der Waals surface area contributed by atoms with Crippen LogP contribution in [0, 0.1) is 5.92 Å². The van der Waals surface area contributed by atoms with Gasteiger partial charge in [-0.1, -0.05) is 11.6 Å². The third kappa shape index (κ3) is 4.66. The van der Waals surface area contributed by atoms with Crippen LogP contribution in [0.2, 0.25) is 5.02 Å². The summed E-state index contributed by atoms with van der Waals surface area (Å²) in [6.45, 7) is 8.31. The van der Waals surface area contributed by atoms with E-state index in [0.717, 1.165) is 35.4 Å². The van der Waals surface area contributed by atoms with E-state index >= 15 is 0 Å². The van der Waals surface area contributed by atoms with Gasteiger partial charge in [-0.15, -0.1) is 0 Å². The summed E-state index contributed by atoms with van der Waals surface area (Å²) in [4.78, 5) is 6.68. The van der Waals surface area contributed by atoms with Crippen LogP contribution in [0.25, 0.3) is 0 Å². The Balaban J connectivity index is 1.99. The first kappa shape index (κ1) is 14.6. The topological polar surface area (TPSA) is 28.2 Å². The fourth-order valence-electron chi connectivity index (χ4n) is 1.99. The molecule has 0 amide bonds. The number of anilines is 1. The Morgan fingerprint density at radius 2 is 2.11 bits per heavy atom. The van der Waals surface area contributed by atoms with Gasteiger partial charge in [-0.05, 0) is 51.2 Å². The molecular weight excluding hydrogens is 258 g/mol. The van der Waals surface area contributed by atoms with Crippen molar-refractivity contribution in [2.75, 3.05) is 18.5 Å². The fraction of sp³-hybridized carbons (Fsp3) is 0.667. The van der Waals surface area contributed by atoms with Crippen molar-refractivity contribution in [2.45, 2.75) is 45.7 Å². The fourth-order valence-corrected chi connectivity index (χ4v) is 2.32. The molecule has 1 N–H and O–H groups in total. The molecule has 1 aliphatic rings. The van der Waals surface area contributed by atoms with Crippen LogP contribution in [-0.4, -0.2) is 24.1 Å². The second-order valence-corrected chi connectivity index (χ2v) is 6.98. The summed E-state index contributed by atoms with van der Waals surface area (Å²) in [6, 6.07) is 2.02. The van der Waals surface area contributed by atoms with Crippen LogP contribution in [0.4, 0.5) is 5.82 Å². The molecule has 0 aliphatic heterocycles. The number of hydrogen-bond donors (Lipinski definition) is 1. The van der Waals surface area contributed by atoms with Gasteiger partial charge >= 0.3 is 0 Å². The van der Waals surface area contributed by atoms with Crippen molar-refractivity contribution in [3.8, 4) is 0 Å². The smallest absolute Gasteiger partial charge is 0.147 e. The molecule has 1 fully saturated rings. The SMILES string of the molecule is CN(CC1CC1)c1ncc(CNC(C)(C)C)cc1Cl. The molecule has 3 nitrogen and oxygen atoms in total. The second kappa shape index (κ2) is 5.68. The first-order valence-corrected chi connectivity index (χ1v) is 7.33. The van der Waals surface area contributed by atoms with Crippen molar-refractivity contribution in [2.24, 2.45) is 5.92 Å². The van der Waals surface area contributed by atoms with E-state index in [1.165, 1.54) is 12.8 Å². The van der Waals surface area contributed by atoms with E-state index < -0.39 is 0 Å². The van der Waals surface area contributed by atoms with Crippen LogP contribution in [-0.2, 0) is 6.54 Å². The Bertz CT molecular complexity index is 436. The number of pyridine rings is 1. The molecule has 19 heavy (non-hydrogen) atoms. The maximum Gasteiger partial charge on any atom is 0.147 e. The van der Waals surface area contributed by atoms with Gasteiger partial charge < -0.3 is 10.2 Å². The van der Waals surface area contributed by atoms with Gasteiger partial charge in [-0.3, -0.25) is 0 Å². The Morgan fingerprint density at radius 3 is 2.63 bits per heavy atom. The molecule has 1 heterocycles. The number of aromatic nitrogens is 1. The Labute approximate surface area is 121 Å². The Morgan fingerprint density at radius 1 is 1.42 bits per heavy atom. The number of rotatable bonds is 5. The van der Waals surface area contributed by atoms with Gasteiger partial charge in [-0.2, -0.15) is 0 Å². The van der Waals surface area contributed by atoms with Gasteiger partial charge in [-0.25, -0.2) is 4.98 Å². The quantitative estimate of drug-likeness (QED) is 0.896. The van der Waals surface area contributed by atoms with Crippen molar-refractivity contribution in [3.05, 3.63) is 22.8 Å². The molecule has 1 saturated carbocycles. The molecule has 0 saturated heterocycles. The zero-order valence-corrected chi connectivity index (χ0v) is 13.1. The first-order chi connectivity index (χ1) is 8.85. The molecule has 0 spiro atoms. The van der Waals surface area contributed by atoms with Crippen LogP contribution in [0.15, 0.2) is 12.3 Å². The molecule has 0 atom stereocenters. The molecule has 0 aromatic carbocycles. The van der Waals surface area contributed by atoms with Crippen molar-refractivity contribution in [1.82, 2.24) is 10.3 Å². The average molecular weight is 282 g/mol. The highest BCUT2D eigenvalue weighted by molar-refractivity contribution is 6.33. The number of nitrogens with zero attached hydrogens (tertiary/aromatic N) is 2. The summed E-state index contributed by atoms with van der Waals surface area (Å²) < 4.78 is 0.